The minimum Gasteiger partial charge on any atom is -0.508 e. The van der Waals surface area contributed by atoms with Crippen LogP contribution in [-0.4, -0.2) is 54.1 Å². The lowest BCUT2D eigenvalue weighted by Crippen LogP contribution is -2.51. The molecule has 0 aromatic heterocycles. The molecule has 2 N–H and O–H groups in total. The number of para-hydroxylation sites is 1. The monoisotopic (exact) mass is 523 g/mol. The van der Waals surface area contributed by atoms with Gasteiger partial charge in [-0.2, -0.15) is 0 Å². The third-order valence-electron chi connectivity index (χ3n) is 10.1. The first-order chi connectivity index (χ1) is 18.4. The number of benzene rings is 2. The molecule has 2 aromatic carbocycles. The smallest absolute Gasteiger partial charge is 0.119 e. The van der Waals surface area contributed by atoms with Gasteiger partial charge in [-0.3, -0.25) is 0 Å². The summed E-state index contributed by atoms with van der Waals surface area (Å²) >= 11 is 0. The molecule has 5 heteroatoms. The van der Waals surface area contributed by atoms with Crippen LogP contribution in [-0.2, 0) is 6.42 Å². The Labute approximate surface area is 228 Å². The first kappa shape index (κ1) is 27.5. The Hall–Kier alpha value is -2.11. The number of ether oxygens (including phenoxy) is 1. The van der Waals surface area contributed by atoms with Gasteiger partial charge >= 0.3 is 0 Å². The van der Waals surface area contributed by atoms with Crippen molar-refractivity contribution >= 4 is 0 Å². The van der Waals surface area contributed by atoms with E-state index in [0.29, 0.717) is 18.3 Å². The van der Waals surface area contributed by atoms with Gasteiger partial charge < -0.3 is 19.8 Å². The summed E-state index contributed by atoms with van der Waals surface area (Å²) in [5, 5.41) is 21.0. The number of halogens is 1. The van der Waals surface area contributed by atoms with Gasteiger partial charge in [-0.25, -0.2) is 4.39 Å². The van der Waals surface area contributed by atoms with Gasteiger partial charge in [0.25, 0.3) is 0 Å². The summed E-state index contributed by atoms with van der Waals surface area (Å²) in [4.78, 5) is 2.39. The molecular weight excluding hydrogens is 477 g/mol. The van der Waals surface area contributed by atoms with E-state index in [1.54, 1.807) is 6.07 Å². The molecule has 0 bridgehead atoms. The fourth-order valence-electron chi connectivity index (χ4n) is 8.15. The molecule has 5 rings (SSSR count). The van der Waals surface area contributed by atoms with Crippen molar-refractivity contribution in [3.05, 3.63) is 59.7 Å². The van der Waals surface area contributed by atoms with Crippen LogP contribution in [0.3, 0.4) is 0 Å². The van der Waals surface area contributed by atoms with Crippen molar-refractivity contribution in [2.45, 2.75) is 82.9 Å². The molecule has 0 amide bonds. The number of phenols is 1. The molecule has 2 fully saturated rings. The Kier molecular flexibility index (Phi) is 8.64. The number of nitrogens with zero attached hydrogens (tertiary/aromatic N) is 1. The van der Waals surface area contributed by atoms with E-state index in [1.807, 2.05) is 42.5 Å². The lowest BCUT2D eigenvalue weighted by atomic mass is 9.51. The lowest BCUT2D eigenvalue weighted by Gasteiger charge is -2.54. The molecule has 2 saturated carbocycles. The van der Waals surface area contributed by atoms with Gasteiger partial charge in [0, 0.05) is 12.5 Å². The van der Waals surface area contributed by atoms with Crippen LogP contribution in [0.15, 0.2) is 48.5 Å². The predicted molar refractivity (Wildman–Crippen MR) is 150 cm³/mol. The first-order valence-corrected chi connectivity index (χ1v) is 14.9. The molecule has 38 heavy (non-hydrogen) atoms. The fourth-order valence-corrected chi connectivity index (χ4v) is 8.15. The van der Waals surface area contributed by atoms with Gasteiger partial charge in [-0.05, 0) is 117 Å². The maximum absolute atomic E-state index is 15.9. The molecular formula is C33H46FNO3. The Morgan fingerprint density at radius 2 is 1.82 bits per heavy atom. The minimum atomic E-state index is -0.931. The molecule has 208 valence electrons. The number of hydrogen-bond acceptors (Lipinski definition) is 4. The van der Waals surface area contributed by atoms with Crippen LogP contribution >= 0.6 is 0 Å². The second kappa shape index (κ2) is 12.0. The van der Waals surface area contributed by atoms with Crippen molar-refractivity contribution in [3.8, 4) is 11.5 Å². The maximum Gasteiger partial charge on any atom is 0.119 e. The largest absolute Gasteiger partial charge is 0.508 e. The van der Waals surface area contributed by atoms with Crippen LogP contribution in [0, 0.1) is 23.2 Å². The quantitative estimate of drug-likeness (QED) is 0.320. The highest BCUT2D eigenvalue weighted by Crippen LogP contribution is 2.63. The van der Waals surface area contributed by atoms with Gasteiger partial charge in [-0.15, -0.1) is 0 Å². The first-order valence-electron chi connectivity index (χ1n) is 14.9. The standard InChI is InChI=1S/C33H46FNO3/c1-33-22-29(34)32-27-14-13-25(36)21-24(27)20-23(31(32)28(33)15-16-30(33)37)10-5-4-8-17-35(2)18-9-19-38-26-11-6-3-7-12-26/h3,6-7,11-14,21,23,28-32,36-37H,4-5,8-10,15-20,22H2,1-2H3/t23-,28+,29+,30+,31+,32+,33+/m1/s1. The summed E-state index contributed by atoms with van der Waals surface area (Å²) in [6.07, 6.45) is 7.47. The van der Waals surface area contributed by atoms with E-state index in [9.17, 15) is 10.2 Å². The summed E-state index contributed by atoms with van der Waals surface area (Å²) in [6, 6.07) is 15.6. The number of unbranched alkanes of at least 4 members (excludes halogenated alkanes) is 2. The van der Waals surface area contributed by atoms with Crippen LogP contribution < -0.4 is 4.74 Å². The predicted octanol–water partition coefficient (Wildman–Crippen LogP) is 6.74. The number of fused-ring (bicyclic) bond motifs is 5. The number of hydrogen-bond donors (Lipinski definition) is 2. The van der Waals surface area contributed by atoms with E-state index in [2.05, 4.69) is 18.9 Å². The normalized spacial score (nSPS) is 32.0. The van der Waals surface area contributed by atoms with Gasteiger partial charge in [-0.1, -0.05) is 44.0 Å². The molecule has 7 atom stereocenters. The average Bonchev–Trinajstić information content (AvgIpc) is 3.20. The summed E-state index contributed by atoms with van der Waals surface area (Å²) in [5.41, 5.74) is 1.94. The van der Waals surface area contributed by atoms with E-state index in [4.69, 9.17) is 4.74 Å². The zero-order chi connectivity index (χ0) is 26.7. The van der Waals surface area contributed by atoms with Crippen molar-refractivity contribution in [1.29, 1.82) is 0 Å². The van der Waals surface area contributed by atoms with Gasteiger partial charge in [0.05, 0.1) is 12.7 Å². The number of aliphatic hydroxyl groups is 1. The van der Waals surface area contributed by atoms with E-state index in [0.717, 1.165) is 75.1 Å². The summed E-state index contributed by atoms with van der Waals surface area (Å²) in [6.45, 7) is 4.99. The zero-order valence-electron chi connectivity index (χ0n) is 23.2. The van der Waals surface area contributed by atoms with Crippen LogP contribution in [0.5, 0.6) is 11.5 Å². The highest BCUT2D eigenvalue weighted by Gasteiger charge is 2.59. The van der Waals surface area contributed by atoms with Gasteiger partial charge in [0.1, 0.15) is 17.7 Å². The number of aliphatic hydroxyl groups excluding tert-OH is 1. The average molecular weight is 524 g/mol. The maximum atomic E-state index is 15.9. The molecule has 3 aliphatic rings. The van der Waals surface area contributed by atoms with Gasteiger partial charge in [0.2, 0.25) is 0 Å². The number of alkyl halides is 1. The van der Waals surface area contributed by atoms with E-state index in [1.165, 1.54) is 12.8 Å². The minimum absolute atomic E-state index is 0.100. The van der Waals surface area contributed by atoms with Crippen LogP contribution in [0.1, 0.15) is 75.3 Å². The van der Waals surface area contributed by atoms with Crippen molar-refractivity contribution in [2.75, 3.05) is 26.7 Å². The zero-order valence-corrected chi connectivity index (χ0v) is 23.2. The molecule has 4 nitrogen and oxygen atoms in total. The van der Waals surface area contributed by atoms with E-state index >= 15 is 4.39 Å². The van der Waals surface area contributed by atoms with Crippen LogP contribution in [0.4, 0.5) is 4.39 Å². The summed E-state index contributed by atoms with van der Waals surface area (Å²) < 4.78 is 21.7. The van der Waals surface area contributed by atoms with Crippen molar-refractivity contribution < 1.29 is 19.3 Å². The summed E-state index contributed by atoms with van der Waals surface area (Å²) in [5.74, 6) is 2.19. The number of aromatic hydroxyl groups is 1. The third-order valence-corrected chi connectivity index (χ3v) is 10.1. The van der Waals surface area contributed by atoms with Gasteiger partial charge in [0.15, 0.2) is 0 Å². The second-order valence-corrected chi connectivity index (χ2v) is 12.5. The van der Waals surface area contributed by atoms with Crippen molar-refractivity contribution in [2.24, 2.45) is 23.2 Å². The topological polar surface area (TPSA) is 52.9 Å². The highest BCUT2D eigenvalue weighted by molar-refractivity contribution is 5.41. The lowest BCUT2D eigenvalue weighted by molar-refractivity contribution is -0.0722. The fraction of sp³-hybridized carbons (Fsp3) is 0.636. The highest BCUT2D eigenvalue weighted by atomic mass is 19.1. The molecule has 0 aliphatic heterocycles. The van der Waals surface area contributed by atoms with E-state index < -0.39 is 6.17 Å². The molecule has 0 radical (unpaired) electrons. The molecule has 3 aliphatic carbocycles. The molecule has 0 heterocycles. The Balaban J connectivity index is 1.13. The number of phenolic OH excluding ortho intramolecular Hbond substituents is 1. The Morgan fingerprint density at radius 3 is 2.63 bits per heavy atom. The Morgan fingerprint density at radius 1 is 1.03 bits per heavy atom. The van der Waals surface area contributed by atoms with Crippen LogP contribution in [0.2, 0.25) is 0 Å². The van der Waals surface area contributed by atoms with Crippen molar-refractivity contribution in [1.82, 2.24) is 4.90 Å². The summed E-state index contributed by atoms with van der Waals surface area (Å²) in [7, 11) is 2.19. The van der Waals surface area contributed by atoms with Crippen LogP contribution in [0.25, 0.3) is 0 Å². The second-order valence-electron chi connectivity index (χ2n) is 12.5. The third kappa shape index (κ3) is 5.74. The molecule has 0 unspecified atom stereocenters. The number of rotatable bonds is 11. The van der Waals surface area contributed by atoms with E-state index in [-0.39, 0.29) is 29.1 Å². The Bertz CT molecular complexity index is 1050. The van der Waals surface area contributed by atoms with Crippen molar-refractivity contribution in [3.63, 3.8) is 0 Å². The SMILES string of the molecule is CN(CCCCC[C@@H]1Cc2cc(O)ccc2[C@@H]2[C@@H]1[C@@H]1CC[C@H](O)[C@@]1(C)C[C@@H]2F)CCCOc1ccccc1. The molecule has 0 saturated heterocycles. The molecule has 0 spiro atoms. The molecule has 2 aromatic rings.